The molecule has 0 spiro atoms. The minimum atomic E-state index is -0.00240. The van der Waals surface area contributed by atoms with Gasteiger partial charge in [0.2, 0.25) is 5.91 Å². The summed E-state index contributed by atoms with van der Waals surface area (Å²) >= 11 is 0. The Kier molecular flexibility index (Phi) is 6.86. The molecule has 1 aliphatic heterocycles. The minimum absolute atomic E-state index is 0.00240. The minimum Gasteiger partial charge on any atom is -0.496 e. The van der Waals surface area contributed by atoms with Crippen LogP contribution in [-0.4, -0.2) is 56.3 Å². The Labute approximate surface area is 139 Å². The summed E-state index contributed by atoms with van der Waals surface area (Å²) in [6, 6.07) is 8.39. The molecule has 128 valence electrons. The number of carbonyl (C=O) groups excluding carboxylic acids is 1. The molecule has 0 radical (unpaired) electrons. The van der Waals surface area contributed by atoms with Gasteiger partial charge < -0.3 is 14.8 Å². The zero-order chi connectivity index (χ0) is 16.7. The summed E-state index contributed by atoms with van der Waals surface area (Å²) in [7, 11) is 1.66. The van der Waals surface area contributed by atoms with Gasteiger partial charge in [-0.05, 0) is 31.9 Å². The predicted molar refractivity (Wildman–Crippen MR) is 90.8 cm³/mol. The number of ether oxygens (including phenoxy) is 2. The fourth-order valence-corrected chi connectivity index (χ4v) is 2.86. The molecule has 0 aliphatic carbocycles. The third-order valence-corrected chi connectivity index (χ3v) is 4.22. The maximum Gasteiger partial charge on any atom is 0.222 e. The fraction of sp³-hybridized carbons (Fsp3) is 0.611. The van der Waals surface area contributed by atoms with Crippen LogP contribution in [0.15, 0.2) is 24.3 Å². The molecule has 1 aliphatic rings. The van der Waals surface area contributed by atoms with Crippen LogP contribution in [0, 0.1) is 0 Å². The molecule has 1 atom stereocenters. The average molecular weight is 320 g/mol. The van der Waals surface area contributed by atoms with Crippen molar-refractivity contribution in [3.05, 3.63) is 29.8 Å². The van der Waals surface area contributed by atoms with Gasteiger partial charge in [0.1, 0.15) is 5.75 Å². The second kappa shape index (κ2) is 8.89. The van der Waals surface area contributed by atoms with Crippen LogP contribution < -0.4 is 10.1 Å². The molecule has 0 aromatic heterocycles. The van der Waals surface area contributed by atoms with Gasteiger partial charge in [-0.15, -0.1) is 0 Å². The van der Waals surface area contributed by atoms with Crippen LogP contribution in [-0.2, 0) is 16.0 Å². The number of hydrogen-bond donors (Lipinski definition) is 1. The molecule has 0 saturated carbocycles. The number of nitrogens with one attached hydrogen (secondary N) is 1. The Morgan fingerprint density at radius 1 is 1.43 bits per heavy atom. The lowest BCUT2D eigenvalue weighted by Crippen LogP contribution is -2.47. The molecule has 5 heteroatoms. The summed E-state index contributed by atoms with van der Waals surface area (Å²) < 4.78 is 11.0. The highest BCUT2D eigenvalue weighted by atomic mass is 16.5. The third kappa shape index (κ3) is 5.52. The van der Waals surface area contributed by atoms with Crippen molar-refractivity contribution in [2.75, 3.05) is 33.4 Å². The van der Waals surface area contributed by atoms with E-state index in [0.29, 0.717) is 25.6 Å². The van der Waals surface area contributed by atoms with Crippen LogP contribution in [0.25, 0.3) is 0 Å². The predicted octanol–water partition coefficient (Wildman–Crippen LogP) is 1.85. The van der Waals surface area contributed by atoms with Gasteiger partial charge >= 0.3 is 0 Å². The largest absolute Gasteiger partial charge is 0.496 e. The molecule has 0 bridgehead atoms. The van der Waals surface area contributed by atoms with Crippen molar-refractivity contribution in [3.63, 3.8) is 0 Å². The van der Waals surface area contributed by atoms with Gasteiger partial charge in [-0.1, -0.05) is 18.2 Å². The number of methoxy groups -OCH3 is 1. The topological polar surface area (TPSA) is 50.8 Å². The smallest absolute Gasteiger partial charge is 0.222 e. The molecule has 5 nitrogen and oxygen atoms in total. The van der Waals surface area contributed by atoms with Gasteiger partial charge in [-0.25, -0.2) is 0 Å². The number of para-hydroxylation sites is 1. The molecule has 2 rings (SSSR count). The molecular formula is C18H28N2O3. The van der Waals surface area contributed by atoms with E-state index in [1.807, 2.05) is 24.3 Å². The van der Waals surface area contributed by atoms with Gasteiger partial charge in [0, 0.05) is 25.7 Å². The van der Waals surface area contributed by atoms with Crippen LogP contribution in [0.2, 0.25) is 0 Å². The van der Waals surface area contributed by atoms with E-state index in [4.69, 9.17) is 9.47 Å². The van der Waals surface area contributed by atoms with Crippen molar-refractivity contribution in [1.29, 1.82) is 0 Å². The van der Waals surface area contributed by atoms with Crippen molar-refractivity contribution < 1.29 is 14.3 Å². The number of hydrogen-bond acceptors (Lipinski definition) is 4. The van der Waals surface area contributed by atoms with Crippen molar-refractivity contribution >= 4 is 5.91 Å². The molecule has 1 N–H and O–H groups in total. The van der Waals surface area contributed by atoms with E-state index in [2.05, 4.69) is 24.1 Å². The summed E-state index contributed by atoms with van der Waals surface area (Å²) in [6.07, 6.45) is 1.19. The first-order chi connectivity index (χ1) is 11.1. The zero-order valence-electron chi connectivity index (χ0n) is 14.4. The van der Waals surface area contributed by atoms with Gasteiger partial charge in [-0.2, -0.15) is 0 Å². The molecule has 1 unspecified atom stereocenters. The monoisotopic (exact) mass is 320 g/mol. The van der Waals surface area contributed by atoms with E-state index in [1.165, 1.54) is 0 Å². The number of nitrogens with zero attached hydrogens (tertiary/aromatic N) is 1. The summed E-state index contributed by atoms with van der Waals surface area (Å²) in [5, 5.41) is 2.98. The highest BCUT2D eigenvalue weighted by Crippen LogP contribution is 2.17. The highest BCUT2D eigenvalue weighted by Gasteiger charge is 2.24. The Hall–Kier alpha value is -1.59. The molecule has 1 saturated heterocycles. The highest BCUT2D eigenvalue weighted by molar-refractivity contribution is 5.76. The molecular weight excluding hydrogens is 292 g/mol. The van der Waals surface area contributed by atoms with E-state index in [1.54, 1.807) is 7.11 Å². The number of amides is 1. The van der Waals surface area contributed by atoms with Crippen molar-refractivity contribution in [3.8, 4) is 5.75 Å². The van der Waals surface area contributed by atoms with E-state index in [9.17, 15) is 4.79 Å². The quantitative estimate of drug-likeness (QED) is 0.833. The normalized spacial score (nSPS) is 18.9. The van der Waals surface area contributed by atoms with E-state index in [-0.39, 0.29) is 12.0 Å². The first-order valence-electron chi connectivity index (χ1n) is 8.34. The number of morpholine rings is 1. The average Bonchev–Trinajstić information content (AvgIpc) is 2.55. The molecule has 1 aromatic carbocycles. The molecule has 1 aromatic rings. The number of carbonyl (C=O) groups is 1. The SMILES string of the molecule is COc1ccccc1CCNC(=O)CC1CN(C(C)C)CCO1. The van der Waals surface area contributed by atoms with Crippen LogP contribution >= 0.6 is 0 Å². The van der Waals surface area contributed by atoms with Gasteiger partial charge in [-0.3, -0.25) is 9.69 Å². The van der Waals surface area contributed by atoms with Crippen molar-refractivity contribution in [2.45, 2.75) is 38.8 Å². The van der Waals surface area contributed by atoms with E-state index < -0.39 is 0 Å². The third-order valence-electron chi connectivity index (χ3n) is 4.22. The first kappa shape index (κ1) is 17.8. The second-order valence-corrected chi connectivity index (χ2v) is 6.20. The van der Waals surface area contributed by atoms with Crippen LogP contribution in [0.1, 0.15) is 25.8 Å². The lowest BCUT2D eigenvalue weighted by molar-refractivity contribution is -0.126. The molecule has 23 heavy (non-hydrogen) atoms. The van der Waals surface area contributed by atoms with Crippen molar-refractivity contribution in [1.82, 2.24) is 10.2 Å². The Balaban J connectivity index is 1.73. The summed E-state index contributed by atoms with van der Waals surface area (Å²) in [6.45, 7) is 7.45. The van der Waals surface area contributed by atoms with E-state index in [0.717, 1.165) is 30.8 Å². The number of rotatable bonds is 7. The molecule has 1 amide bonds. The van der Waals surface area contributed by atoms with Gasteiger partial charge in [0.15, 0.2) is 0 Å². The standard InChI is InChI=1S/C18H28N2O3/c1-14(2)20-10-11-23-16(13-20)12-18(21)19-9-8-15-6-4-5-7-17(15)22-3/h4-7,14,16H,8-13H2,1-3H3,(H,19,21). The lowest BCUT2D eigenvalue weighted by atomic mass is 10.1. The summed E-state index contributed by atoms with van der Waals surface area (Å²) in [4.78, 5) is 14.4. The van der Waals surface area contributed by atoms with Crippen molar-refractivity contribution in [2.24, 2.45) is 0 Å². The zero-order valence-corrected chi connectivity index (χ0v) is 14.4. The van der Waals surface area contributed by atoms with Gasteiger partial charge in [0.05, 0.1) is 26.2 Å². The fourth-order valence-electron chi connectivity index (χ4n) is 2.86. The molecule has 1 fully saturated rings. The van der Waals surface area contributed by atoms with Crippen LogP contribution in [0.4, 0.5) is 0 Å². The summed E-state index contributed by atoms with van der Waals surface area (Å²) in [5.74, 6) is 0.917. The van der Waals surface area contributed by atoms with Crippen LogP contribution in [0.5, 0.6) is 5.75 Å². The molecule has 1 heterocycles. The Morgan fingerprint density at radius 3 is 2.96 bits per heavy atom. The summed E-state index contributed by atoms with van der Waals surface area (Å²) in [5.41, 5.74) is 1.11. The lowest BCUT2D eigenvalue weighted by Gasteiger charge is -2.35. The van der Waals surface area contributed by atoms with E-state index >= 15 is 0 Å². The maximum absolute atomic E-state index is 12.1. The Morgan fingerprint density at radius 2 is 2.22 bits per heavy atom. The first-order valence-corrected chi connectivity index (χ1v) is 8.34. The number of benzene rings is 1. The second-order valence-electron chi connectivity index (χ2n) is 6.20. The Bertz CT molecular complexity index is 505. The maximum atomic E-state index is 12.1. The van der Waals surface area contributed by atoms with Crippen LogP contribution in [0.3, 0.4) is 0 Å². The van der Waals surface area contributed by atoms with Gasteiger partial charge in [0.25, 0.3) is 0 Å².